The van der Waals surface area contributed by atoms with E-state index < -0.39 is 0 Å². The number of halogens is 2. The van der Waals surface area contributed by atoms with Crippen molar-refractivity contribution in [3.63, 3.8) is 0 Å². The quantitative estimate of drug-likeness (QED) is 0.878. The van der Waals surface area contributed by atoms with Crippen LogP contribution in [0.5, 0.6) is 11.5 Å². The van der Waals surface area contributed by atoms with Gasteiger partial charge in [0.25, 0.3) is 0 Å². The first kappa shape index (κ1) is 15.7. The van der Waals surface area contributed by atoms with E-state index in [-0.39, 0.29) is 0 Å². The molecule has 0 atom stereocenters. The zero-order valence-electron chi connectivity index (χ0n) is 12.0. The van der Waals surface area contributed by atoms with Gasteiger partial charge in [0, 0.05) is 6.54 Å². The van der Waals surface area contributed by atoms with Crippen LogP contribution >= 0.6 is 23.2 Å². The van der Waals surface area contributed by atoms with E-state index in [0.29, 0.717) is 45.2 Å². The summed E-state index contributed by atoms with van der Waals surface area (Å²) in [7, 11) is 3.18. The Morgan fingerprint density at radius 3 is 2.24 bits per heavy atom. The number of pyridine rings is 1. The topological polar surface area (TPSA) is 43.4 Å². The minimum Gasteiger partial charge on any atom is -0.496 e. The van der Waals surface area contributed by atoms with Gasteiger partial charge >= 0.3 is 0 Å². The van der Waals surface area contributed by atoms with Crippen molar-refractivity contribution in [3.8, 4) is 22.8 Å². The standard InChI is InChI=1S/C15H16Cl2N2O2/c1-4-18-15-10(17)8-9(16)14(19-15)13-11(20-2)6-5-7-12(13)21-3/h5-8H,4H2,1-3H3,(H,18,19). The Morgan fingerprint density at radius 1 is 1.10 bits per heavy atom. The van der Waals surface area contributed by atoms with Crippen molar-refractivity contribution in [1.29, 1.82) is 0 Å². The molecular formula is C15H16Cl2N2O2. The smallest absolute Gasteiger partial charge is 0.145 e. The van der Waals surface area contributed by atoms with Crippen LogP contribution in [0, 0.1) is 0 Å². The molecule has 0 saturated heterocycles. The molecule has 1 heterocycles. The average molecular weight is 327 g/mol. The SMILES string of the molecule is CCNc1nc(-c2c(OC)cccc2OC)c(Cl)cc1Cl. The predicted octanol–water partition coefficient (Wildman–Crippen LogP) is 4.50. The third-order valence-corrected chi connectivity index (χ3v) is 3.51. The fraction of sp³-hybridized carbons (Fsp3) is 0.267. The second-order valence-corrected chi connectivity index (χ2v) is 5.03. The van der Waals surface area contributed by atoms with E-state index in [1.54, 1.807) is 20.3 Å². The lowest BCUT2D eigenvalue weighted by molar-refractivity contribution is 0.397. The van der Waals surface area contributed by atoms with Crippen LogP contribution in [-0.4, -0.2) is 25.7 Å². The van der Waals surface area contributed by atoms with E-state index in [0.717, 1.165) is 0 Å². The van der Waals surface area contributed by atoms with Gasteiger partial charge in [0.1, 0.15) is 17.3 Å². The summed E-state index contributed by atoms with van der Waals surface area (Å²) in [5, 5.41) is 4.01. The minimum atomic E-state index is 0.435. The first-order chi connectivity index (χ1) is 10.1. The van der Waals surface area contributed by atoms with E-state index in [2.05, 4.69) is 10.3 Å². The summed E-state index contributed by atoms with van der Waals surface area (Å²) >= 11 is 12.5. The molecule has 6 heteroatoms. The number of nitrogens with one attached hydrogen (secondary N) is 1. The van der Waals surface area contributed by atoms with Gasteiger partial charge in [0.2, 0.25) is 0 Å². The summed E-state index contributed by atoms with van der Waals surface area (Å²) in [4.78, 5) is 4.51. The van der Waals surface area contributed by atoms with Crippen molar-refractivity contribution in [1.82, 2.24) is 4.98 Å². The lowest BCUT2D eigenvalue weighted by Crippen LogP contribution is -2.02. The van der Waals surface area contributed by atoms with Crippen LogP contribution in [0.2, 0.25) is 10.0 Å². The normalized spacial score (nSPS) is 10.3. The lowest BCUT2D eigenvalue weighted by Gasteiger charge is -2.15. The molecule has 0 aliphatic rings. The lowest BCUT2D eigenvalue weighted by atomic mass is 10.1. The van der Waals surface area contributed by atoms with Crippen molar-refractivity contribution in [2.45, 2.75) is 6.92 Å². The molecule has 0 amide bonds. The number of anilines is 1. The summed E-state index contributed by atoms with van der Waals surface area (Å²) < 4.78 is 10.8. The number of hydrogen-bond acceptors (Lipinski definition) is 4. The molecular weight excluding hydrogens is 311 g/mol. The predicted molar refractivity (Wildman–Crippen MR) is 87.0 cm³/mol. The number of methoxy groups -OCH3 is 2. The first-order valence-corrected chi connectivity index (χ1v) is 7.19. The summed E-state index contributed by atoms with van der Waals surface area (Å²) in [6.07, 6.45) is 0. The highest BCUT2D eigenvalue weighted by molar-refractivity contribution is 6.37. The van der Waals surface area contributed by atoms with Gasteiger partial charge in [-0.1, -0.05) is 29.3 Å². The van der Waals surface area contributed by atoms with Crippen LogP contribution in [0.15, 0.2) is 24.3 Å². The summed E-state index contributed by atoms with van der Waals surface area (Å²) in [6, 6.07) is 7.17. The Hall–Kier alpha value is -1.65. The highest BCUT2D eigenvalue weighted by Gasteiger charge is 2.18. The van der Waals surface area contributed by atoms with Gasteiger partial charge < -0.3 is 14.8 Å². The summed E-state index contributed by atoms with van der Waals surface area (Å²) in [6.45, 7) is 2.67. The highest BCUT2D eigenvalue weighted by atomic mass is 35.5. The Kier molecular flexibility index (Phi) is 5.15. The molecule has 2 rings (SSSR count). The Balaban J connectivity index is 2.69. The number of aromatic nitrogens is 1. The van der Waals surface area contributed by atoms with Crippen molar-refractivity contribution in [3.05, 3.63) is 34.3 Å². The van der Waals surface area contributed by atoms with Gasteiger partial charge in [-0.2, -0.15) is 0 Å². The molecule has 0 bridgehead atoms. The summed E-state index contributed by atoms with van der Waals surface area (Å²) in [5.41, 5.74) is 1.26. The maximum atomic E-state index is 6.31. The largest absolute Gasteiger partial charge is 0.496 e. The number of ether oxygens (including phenoxy) is 2. The van der Waals surface area contributed by atoms with Gasteiger partial charge in [0.15, 0.2) is 0 Å². The Morgan fingerprint density at radius 2 is 1.71 bits per heavy atom. The number of nitrogens with zero attached hydrogens (tertiary/aromatic N) is 1. The van der Waals surface area contributed by atoms with Gasteiger partial charge in [-0.25, -0.2) is 4.98 Å². The zero-order valence-corrected chi connectivity index (χ0v) is 13.5. The Labute approximate surface area is 134 Å². The average Bonchev–Trinajstić information content (AvgIpc) is 2.49. The van der Waals surface area contributed by atoms with Gasteiger partial charge in [-0.05, 0) is 25.1 Å². The Bertz CT molecular complexity index is 626. The van der Waals surface area contributed by atoms with Crippen LogP contribution in [0.1, 0.15) is 6.92 Å². The van der Waals surface area contributed by atoms with Crippen LogP contribution in [0.25, 0.3) is 11.3 Å². The van der Waals surface area contributed by atoms with E-state index in [4.69, 9.17) is 32.7 Å². The van der Waals surface area contributed by atoms with E-state index in [1.165, 1.54) is 0 Å². The van der Waals surface area contributed by atoms with Crippen LogP contribution < -0.4 is 14.8 Å². The number of rotatable bonds is 5. The molecule has 0 saturated carbocycles. The molecule has 0 aliphatic heterocycles. The van der Waals surface area contributed by atoms with Gasteiger partial charge in [0.05, 0.1) is 35.5 Å². The molecule has 2 aromatic rings. The van der Waals surface area contributed by atoms with Crippen LogP contribution in [0.3, 0.4) is 0 Å². The molecule has 21 heavy (non-hydrogen) atoms. The molecule has 0 unspecified atom stereocenters. The van der Waals surface area contributed by atoms with E-state index >= 15 is 0 Å². The summed E-state index contributed by atoms with van der Waals surface area (Å²) in [5.74, 6) is 1.84. The third kappa shape index (κ3) is 3.17. The zero-order chi connectivity index (χ0) is 15.4. The fourth-order valence-corrected chi connectivity index (χ4v) is 2.54. The molecule has 1 N–H and O–H groups in total. The first-order valence-electron chi connectivity index (χ1n) is 6.43. The van der Waals surface area contributed by atoms with E-state index in [1.807, 2.05) is 25.1 Å². The van der Waals surface area contributed by atoms with Crippen LogP contribution in [-0.2, 0) is 0 Å². The molecule has 1 aromatic carbocycles. The number of benzene rings is 1. The highest BCUT2D eigenvalue weighted by Crippen LogP contribution is 2.42. The number of hydrogen-bond donors (Lipinski definition) is 1. The molecule has 4 nitrogen and oxygen atoms in total. The fourth-order valence-electron chi connectivity index (χ4n) is 2.02. The van der Waals surface area contributed by atoms with Crippen molar-refractivity contribution < 1.29 is 9.47 Å². The second-order valence-electron chi connectivity index (χ2n) is 4.22. The van der Waals surface area contributed by atoms with Crippen molar-refractivity contribution in [2.75, 3.05) is 26.1 Å². The maximum Gasteiger partial charge on any atom is 0.145 e. The maximum absolute atomic E-state index is 6.31. The van der Waals surface area contributed by atoms with Crippen LogP contribution in [0.4, 0.5) is 5.82 Å². The minimum absolute atomic E-state index is 0.435. The molecule has 0 radical (unpaired) electrons. The van der Waals surface area contributed by atoms with Gasteiger partial charge in [-0.15, -0.1) is 0 Å². The molecule has 0 spiro atoms. The molecule has 1 aromatic heterocycles. The molecule has 0 aliphatic carbocycles. The molecule has 0 fully saturated rings. The monoisotopic (exact) mass is 326 g/mol. The van der Waals surface area contributed by atoms with Crippen molar-refractivity contribution >= 4 is 29.0 Å². The second kappa shape index (κ2) is 6.87. The molecule has 112 valence electrons. The van der Waals surface area contributed by atoms with Crippen molar-refractivity contribution in [2.24, 2.45) is 0 Å². The third-order valence-electron chi connectivity index (χ3n) is 2.94. The van der Waals surface area contributed by atoms with Gasteiger partial charge in [-0.3, -0.25) is 0 Å². The van der Waals surface area contributed by atoms with E-state index in [9.17, 15) is 0 Å².